The van der Waals surface area contributed by atoms with E-state index < -0.39 is 0 Å². The molecular weight excluding hydrogens is 174 g/mol. The van der Waals surface area contributed by atoms with Crippen LogP contribution in [0.4, 0.5) is 0 Å². The lowest BCUT2D eigenvalue weighted by molar-refractivity contribution is 0.0284. The van der Waals surface area contributed by atoms with Gasteiger partial charge in [-0.3, -0.25) is 10.2 Å². The topological polar surface area (TPSA) is 27.3 Å². The first-order valence-electron chi connectivity index (χ1n) is 6.00. The third-order valence-electron chi connectivity index (χ3n) is 3.22. The van der Waals surface area contributed by atoms with Crippen molar-refractivity contribution in [3.05, 3.63) is 0 Å². The zero-order valence-corrected chi connectivity index (χ0v) is 9.90. The van der Waals surface area contributed by atoms with Gasteiger partial charge in [-0.2, -0.15) is 0 Å². The van der Waals surface area contributed by atoms with Gasteiger partial charge in [-0.25, -0.2) is 0 Å². The molecule has 0 radical (unpaired) electrons. The molecule has 1 atom stereocenters. The van der Waals surface area contributed by atoms with Crippen molar-refractivity contribution in [2.45, 2.75) is 38.8 Å². The fraction of sp³-hybridized carbons (Fsp3) is 1.00. The highest BCUT2D eigenvalue weighted by Gasteiger charge is 2.36. The molecule has 0 saturated carbocycles. The van der Waals surface area contributed by atoms with E-state index in [1.54, 1.807) is 0 Å². The molecule has 0 aromatic rings. The van der Waals surface area contributed by atoms with E-state index >= 15 is 0 Å². The van der Waals surface area contributed by atoms with Gasteiger partial charge in [0.05, 0.1) is 5.66 Å². The van der Waals surface area contributed by atoms with Crippen molar-refractivity contribution in [1.82, 2.24) is 15.5 Å². The van der Waals surface area contributed by atoms with Gasteiger partial charge in [-0.15, -0.1) is 0 Å². The Labute approximate surface area is 88.2 Å². The minimum atomic E-state index is 0.288. The third kappa shape index (κ3) is 2.47. The van der Waals surface area contributed by atoms with Gasteiger partial charge in [0.1, 0.15) is 0 Å². The van der Waals surface area contributed by atoms with Crippen LogP contribution in [0, 0.1) is 0 Å². The number of piperidine rings is 1. The SMILES string of the molecule is CC.CN1CCCNC12CCCNC2. The second-order valence-electron chi connectivity index (χ2n) is 4.01. The lowest BCUT2D eigenvalue weighted by Gasteiger charge is -2.48. The van der Waals surface area contributed by atoms with Gasteiger partial charge < -0.3 is 5.32 Å². The fourth-order valence-corrected chi connectivity index (χ4v) is 2.35. The van der Waals surface area contributed by atoms with Gasteiger partial charge >= 0.3 is 0 Å². The number of hydrogen-bond acceptors (Lipinski definition) is 3. The van der Waals surface area contributed by atoms with Crippen LogP contribution in [0.25, 0.3) is 0 Å². The van der Waals surface area contributed by atoms with E-state index in [0.717, 1.165) is 6.54 Å². The van der Waals surface area contributed by atoms with Crippen LogP contribution in [-0.2, 0) is 0 Å². The largest absolute Gasteiger partial charge is 0.314 e. The summed E-state index contributed by atoms with van der Waals surface area (Å²) < 4.78 is 0. The van der Waals surface area contributed by atoms with E-state index in [9.17, 15) is 0 Å². The summed E-state index contributed by atoms with van der Waals surface area (Å²) in [5.41, 5.74) is 0.288. The number of hydrogen-bond donors (Lipinski definition) is 2. The van der Waals surface area contributed by atoms with Gasteiger partial charge in [0.2, 0.25) is 0 Å². The summed E-state index contributed by atoms with van der Waals surface area (Å²) in [5, 5.41) is 7.12. The van der Waals surface area contributed by atoms with E-state index in [0.29, 0.717) is 0 Å². The second kappa shape index (κ2) is 5.69. The van der Waals surface area contributed by atoms with E-state index in [2.05, 4.69) is 22.6 Å². The molecule has 1 spiro atoms. The van der Waals surface area contributed by atoms with E-state index in [1.807, 2.05) is 13.8 Å². The Bertz CT molecular complexity index is 144. The number of rotatable bonds is 0. The Balaban J connectivity index is 0.000000461. The molecule has 0 amide bonds. The van der Waals surface area contributed by atoms with Crippen molar-refractivity contribution >= 4 is 0 Å². The quantitative estimate of drug-likeness (QED) is 0.610. The average molecular weight is 199 g/mol. The highest BCUT2D eigenvalue weighted by atomic mass is 15.3. The molecule has 2 rings (SSSR count). The summed E-state index contributed by atoms with van der Waals surface area (Å²) in [4.78, 5) is 2.47. The second-order valence-corrected chi connectivity index (χ2v) is 4.01. The molecule has 0 aromatic carbocycles. The van der Waals surface area contributed by atoms with Crippen LogP contribution in [0.3, 0.4) is 0 Å². The molecule has 1 unspecified atom stereocenters. The Kier molecular flexibility index (Phi) is 4.85. The van der Waals surface area contributed by atoms with Crippen molar-refractivity contribution in [1.29, 1.82) is 0 Å². The van der Waals surface area contributed by atoms with Crippen LogP contribution in [0.2, 0.25) is 0 Å². The van der Waals surface area contributed by atoms with Crippen LogP contribution < -0.4 is 10.6 Å². The van der Waals surface area contributed by atoms with Crippen molar-refractivity contribution in [2.75, 3.05) is 33.2 Å². The monoisotopic (exact) mass is 199 g/mol. The standard InChI is InChI=1S/C9H19N3.C2H6/c1-12-7-3-6-11-9(12)4-2-5-10-8-9;1-2/h10-11H,2-8H2,1H3;1-2H3. The summed E-state index contributed by atoms with van der Waals surface area (Å²) in [6, 6.07) is 0. The summed E-state index contributed by atoms with van der Waals surface area (Å²) in [5.74, 6) is 0. The maximum absolute atomic E-state index is 3.65. The summed E-state index contributed by atoms with van der Waals surface area (Å²) in [6.07, 6.45) is 3.89. The van der Waals surface area contributed by atoms with Crippen molar-refractivity contribution in [2.24, 2.45) is 0 Å². The highest BCUT2D eigenvalue weighted by molar-refractivity contribution is 4.94. The number of likely N-dealkylation sites (N-methyl/N-ethyl adjacent to an activating group) is 1. The Morgan fingerprint density at radius 2 is 1.93 bits per heavy atom. The van der Waals surface area contributed by atoms with Crippen LogP contribution in [0.1, 0.15) is 33.1 Å². The molecular formula is C11H25N3. The molecule has 0 aliphatic carbocycles. The summed E-state index contributed by atoms with van der Waals surface area (Å²) in [7, 11) is 2.24. The lowest BCUT2D eigenvalue weighted by atomic mass is 9.95. The van der Waals surface area contributed by atoms with Crippen molar-refractivity contribution in [3.8, 4) is 0 Å². The predicted molar refractivity (Wildman–Crippen MR) is 61.4 cm³/mol. The highest BCUT2D eigenvalue weighted by Crippen LogP contribution is 2.22. The molecule has 84 valence electrons. The summed E-state index contributed by atoms with van der Waals surface area (Å²) in [6.45, 7) is 8.74. The first kappa shape index (κ1) is 12.0. The smallest absolute Gasteiger partial charge is 0.0838 e. The molecule has 2 aliphatic heterocycles. The maximum Gasteiger partial charge on any atom is 0.0838 e. The molecule has 2 aliphatic rings. The normalized spacial score (nSPS) is 33.6. The van der Waals surface area contributed by atoms with Crippen LogP contribution in [0.5, 0.6) is 0 Å². The predicted octanol–water partition coefficient (Wildman–Crippen LogP) is 1.02. The fourth-order valence-electron chi connectivity index (χ4n) is 2.35. The average Bonchev–Trinajstić information content (AvgIpc) is 2.27. The Morgan fingerprint density at radius 3 is 2.50 bits per heavy atom. The van der Waals surface area contributed by atoms with Crippen LogP contribution in [0.15, 0.2) is 0 Å². The van der Waals surface area contributed by atoms with E-state index in [1.165, 1.54) is 38.9 Å². The molecule has 2 heterocycles. The zero-order chi connectivity index (χ0) is 10.4. The van der Waals surface area contributed by atoms with Crippen LogP contribution in [-0.4, -0.2) is 43.8 Å². The van der Waals surface area contributed by atoms with Gasteiger partial charge in [-0.1, -0.05) is 13.8 Å². The number of nitrogens with one attached hydrogen (secondary N) is 2. The van der Waals surface area contributed by atoms with Gasteiger partial charge in [-0.05, 0) is 39.4 Å². The third-order valence-corrected chi connectivity index (χ3v) is 3.22. The van der Waals surface area contributed by atoms with Gasteiger partial charge in [0, 0.05) is 13.1 Å². The molecule has 14 heavy (non-hydrogen) atoms. The Hall–Kier alpha value is -0.120. The Morgan fingerprint density at radius 1 is 1.14 bits per heavy atom. The van der Waals surface area contributed by atoms with E-state index in [-0.39, 0.29) is 5.66 Å². The lowest BCUT2D eigenvalue weighted by Crippen LogP contribution is -2.67. The molecule has 0 aromatic heterocycles. The van der Waals surface area contributed by atoms with Gasteiger partial charge in [0.15, 0.2) is 0 Å². The van der Waals surface area contributed by atoms with Gasteiger partial charge in [0.25, 0.3) is 0 Å². The molecule has 2 N–H and O–H groups in total. The summed E-state index contributed by atoms with van der Waals surface area (Å²) >= 11 is 0. The minimum Gasteiger partial charge on any atom is -0.314 e. The zero-order valence-electron chi connectivity index (χ0n) is 9.90. The number of nitrogens with zero attached hydrogens (tertiary/aromatic N) is 1. The first-order chi connectivity index (χ1) is 6.83. The molecule has 0 bridgehead atoms. The molecule has 3 heteroatoms. The molecule has 3 nitrogen and oxygen atoms in total. The minimum absolute atomic E-state index is 0.288. The van der Waals surface area contributed by atoms with Crippen molar-refractivity contribution in [3.63, 3.8) is 0 Å². The van der Waals surface area contributed by atoms with Crippen LogP contribution >= 0.6 is 0 Å². The maximum atomic E-state index is 3.65. The van der Waals surface area contributed by atoms with E-state index in [4.69, 9.17) is 0 Å². The first-order valence-corrected chi connectivity index (χ1v) is 6.00. The molecule has 2 saturated heterocycles. The molecule has 2 fully saturated rings. The van der Waals surface area contributed by atoms with Crippen molar-refractivity contribution < 1.29 is 0 Å².